The van der Waals surface area contributed by atoms with Crippen molar-refractivity contribution in [1.29, 1.82) is 0 Å². The molecule has 2 rings (SSSR count). The topological polar surface area (TPSA) is 139 Å². The van der Waals surface area contributed by atoms with Gasteiger partial charge in [-0.05, 0) is 31.7 Å². The molecule has 0 heterocycles. The van der Waals surface area contributed by atoms with Crippen LogP contribution in [-0.4, -0.2) is 34.7 Å². The normalized spacial score (nSPS) is 18.1. The van der Waals surface area contributed by atoms with Crippen LogP contribution in [0.5, 0.6) is 0 Å². The third-order valence-corrected chi connectivity index (χ3v) is 3.84. The molecule has 26 heavy (non-hydrogen) atoms. The number of allylic oxidation sites excluding steroid dienone is 2. The van der Waals surface area contributed by atoms with Crippen molar-refractivity contribution in [3.8, 4) is 0 Å². The van der Waals surface area contributed by atoms with Gasteiger partial charge in [0.25, 0.3) is 0 Å². The van der Waals surface area contributed by atoms with Crippen LogP contribution in [0.25, 0.3) is 0 Å². The maximum absolute atomic E-state index is 10.8. The number of hydrogen-bond donors (Lipinski definition) is 4. The first-order valence-corrected chi connectivity index (χ1v) is 8.19. The van der Waals surface area contributed by atoms with Crippen LogP contribution in [0, 0.1) is 5.41 Å². The Morgan fingerprint density at radius 2 is 1.85 bits per heavy atom. The molecule has 0 saturated heterocycles. The average molecular weight is 359 g/mol. The van der Waals surface area contributed by atoms with Crippen molar-refractivity contribution in [3.63, 3.8) is 0 Å². The molecule has 0 aromatic heterocycles. The second-order valence-electron chi connectivity index (χ2n) is 6.15. The van der Waals surface area contributed by atoms with E-state index in [1.807, 2.05) is 18.2 Å². The summed E-state index contributed by atoms with van der Waals surface area (Å²) in [6, 6.07) is 10.3. The lowest BCUT2D eigenvalue weighted by Gasteiger charge is -2.23. The third-order valence-electron chi connectivity index (χ3n) is 3.84. The van der Waals surface area contributed by atoms with E-state index in [4.69, 9.17) is 21.7 Å². The number of nitrogens with two attached hydrogens (primary N) is 2. The van der Waals surface area contributed by atoms with Crippen molar-refractivity contribution in [2.24, 2.45) is 21.9 Å². The maximum Gasteiger partial charge on any atom is 0.331 e. The number of guanidine groups is 1. The summed E-state index contributed by atoms with van der Waals surface area (Å²) in [6.07, 6.45) is 6.45. The third kappa shape index (κ3) is 7.21. The van der Waals surface area contributed by atoms with Crippen molar-refractivity contribution in [3.05, 3.63) is 59.7 Å². The number of rotatable bonds is 6. The predicted octanol–water partition coefficient (Wildman–Crippen LogP) is 1.94. The van der Waals surface area contributed by atoms with Gasteiger partial charge in [-0.25, -0.2) is 4.79 Å². The number of carboxylic acids is 2. The van der Waals surface area contributed by atoms with Gasteiger partial charge in [0.15, 0.2) is 5.96 Å². The van der Waals surface area contributed by atoms with Crippen LogP contribution < -0.4 is 11.5 Å². The number of aliphatic imine (C=N–C) groups is 1. The Hall–Kier alpha value is -3.09. The molecule has 0 radical (unpaired) electrons. The zero-order valence-electron chi connectivity index (χ0n) is 14.8. The molecular formula is C19H25N3O4. The predicted molar refractivity (Wildman–Crippen MR) is 101 cm³/mol. The molecule has 7 heteroatoms. The molecule has 0 bridgehead atoms. The fourth-order valence-electron chi connectivity index (χ4n) is 2.32. The van der Waals surface area contributed by atoms with Crippen LogP contribution in [0.1, 0.15) is 25.3 Å². The van der Waals surface area contributed by atoms with Crippen molar-refractivity contribution in [2.45, 2.75) is 26.2 Å². The molecule has 6 N–H and O–H groups in total. The highest BCUT2D eigenvalue weighted by Gasteiger charge is 2.34. The van der Waals surface area contributed by atoms with Crippen LogP contribution in [0.15, 0.2) is 59.1 Å². The average Bonchev–Trinajstić information content (AvgIpc) is 2.60. The van der Waals surface area contributed by atoms with E-state index < -0.39 is 17.4 Å². The lowest BCUT2D eigenvalue weighted by atomic mass is 9.80. The van der Waals surface area contributed by atoms with E-state index in [-0.39, 0.29) is 18.0 Å². The van der Waals surface area contributed by atoms with E-state index in [0.717, 1.165) is 12.8 Å². The van der Waals surface area contributed by atoms with E-state index in [9.17, 15) is 9.59 Å². The van der Waals surface area contributed by atoms with Crippen LogP contribution in [0.4, 0.5) is 0 Å². The molecule has 1 aromatic rings. The van der Waals surface area contributed by atoms with Crippen molar-refractivity contribution < 1.29 is 19.8 Å². The van der Waals surface area contributed by atoms with Crippen molar-refractivity contribution in [2.75, 3.05) is 6.54 Å². The summed E-state index contributed by atoms with van der Waals surface area (Å²) >= 11 is 0. The van der Waals surface area contributed by atoms with Crippen LogP contribution in [-0.2, 0) is 16.0 Å². The SMILES string of the molecule is CC1(C(=O)O)C=CC=C(C(=O)O)C1.NC(N)=NCCCc1ccccc1. The van der Waals surface area contributed by atoms with Gasteiger partial charge in [0.2, 0.25) is 0 Å². The van der Waals surface area contributed by atoms with Gasteiger partial charge in [0.1, 0.15) is 0 Å². The zero-order chi connectivity index (χ0) is 19.6. The largest absolute Gasteiger partial charge is 0.481 e. The Kier molecular flexibility index (Phi) is 8.08. The van der Waals surface area contributed by atoms with E-state index in [1.54, 1.807) is 0 Å². The highest BCUT2D eigenvalue weighted by Crippen LogP contribution is 2.31. The van der Waals surface area contributed by atoms with E-state index >= 15 is 0 Å². The Balaban J connectivity index is 0.000000260. The van der Waals surface area contributed by atoms with Gasteiger partial charge in [0.05, 0.1) is 5.41 Å². The molecule has 7 nitrogen and oxygen atoms in total. The van der Waals surface area contributed by atoms with Gasteiger partial charge >= 0.3 is 11.9 Å². The summed E-state index contributed by atoms with van der Waals surface area (Å²) in [5.41, 5.74) is 10.8. The molecule has 1 unspecified atom stereocenters. The Bertz CT molecular complexity index is 707. The van der Waals surface area contributed by atoms with E-state index in [1.165, 1.54) is 30.7 Å². The van der Waals surface area contributed by atoms with Gasteiger partial charge in [-0.2, -0.15) is 0 Å². The molecule has 0 fully saturated rings. The fourth-order valence-corrected chi connectivity index (χ4v) is 2.32. The second-order valence-corrected chi connectivity index (χ2v) is 6.15. The summed E-state index contributed by atoms with van der Waals surface area (Å²) in [7, 11) is 0. The summed E-state index contributed by atoms with van der Waals surface area (Å²) in [4.78, 5) is 25.3. The molecule has 1 aromatic carbocycles. The van der Waals surface area contributed by atoms with Gasteiger partial charge in [-0.15, -0.1) is 0 Å². The molecule has 0 saturated carbocycles. The molecule has 140 valence electrons. The molecule has 0 amide bonds. The maximum atomic E-state index is 10.8. The van der Waals surface area contributed by atoms with Crippen LogP contribution >= 0.6 is 0 Å². The smallest absolute Gasteiger partial charge is 0.331 e. The number of aliphatic carboxylic acids is 2. The first-order valence-electron chi connectivity index (χ1n) is 8.19. The van der Waals surface area contributed by atoms with Gasteiger partial charge in [0, 0.05) is 12.1 Å². The molecule has 1 aliphatic carbocycles. The standard InChI is InChI=1S/C10H15N3.C9H10O4/c11-10(12)13-8-4-7-9-5-2-1-3-6-9;1-9(8(12)13)4-2-3-6(5-9)7(10)11/h1-3,5-6H,4,7-8H2,(H4,11,12,13);2-4H,5H2,1H3,(H,10,11)(H,12,13). The minimum absolute atomic E-state index is 0.0359. The van der Waals surface area contributed by atoms with Crippen LogP contribution in [0.3, 0.4) is 0 Å². The Labute approximate surface area is 152 Å². The molecular weight excluding hydrogens is 334 g/mol. The number of carbonyl (C=O) groups is 2. The van der Waals surface area contributed by atoms with Crippen molar-refractivity contribution in [1.82, 2.24) is 0 Å². The minimum atomic E-state index is -1.08. The number of carboxylic acid groups (broad SMARTS) is 2. The van der Waals surface area contributed by atoms with E-state index in [2.05, 4.69) is 17.1 Å². The highest BCUT2D eigenvalue weighted by atomic mass is 16.4. The number of nitrogens with zero attached hydrogens (tertiary/aromatic N) is 1. The first kappa shape index (κ1) is 21.0. The number of hydrogen-bond acceptors (Lipinski definition) is 3. The van der Waals surface area contributed by atoms with Gasteiger partial charge in [-0.3, -0.25) is 9.79 Å². The van der Waals surface area contributed by atoms with Gasteiger partial charge in [-0.1, -0.05) is 48.6 Å². The molecule has 1 aliphatic rings. The van der Waals surface area contributed by atoms with Crippen molar-refractivity contribution >= 4 is 17.9 Å². The lowest BCUT2D eigenvalue weighted by molar-refractivity contribution is -0.145. The molecule has 0 aliphatic heterocycles. The monoisotopic (exact) mass is 359 g/mol. The molecule has 1 atom stereocenters. The Morgan fingerprint density at radius 3 is 2.38 bits per heavy atom. The highest BCUT2D eigenvalue weighted by molar-refractivity contribution is 5.90. The number of aryl methyl sites for hydroxylation is 1. The fraction of sp³-hybridized carbons (Fsp3) is 0.316. The molecule has 0 spiro atoms. The quantitative estimate of drug-likeness (QED) is 0.348. The summed E-state index contributed by atoms with van der Waals surface area (Å²) in [5, 5.41) is 17.5. The lowest BCUT2D eigenvalue weighted by Crippen LogP contribution is -2.28. The minimum Gasteiger partial charge on any atom is -0.481 e. The van der Waals surface area contributed by atoms with Crippen LogP contribution in [0.2, 0.25) is 0 Å². The summed E-state index contributed by atoms with van der Waals surface area (Å²) in [5.74, 6) is -1.89. The second kappa shape index (κ2) is 10.0. The zero-order valence-corrected chi connectivity index (χ0v) is 14.8. The van der Waals surface area contributed by atoms with Gasteiger partial charge < -0.3 is 21.7 Å². The van der Waals surface area contributed by atoms with E-state index in [0.29, 0.717) is 6.54 Å². The summed E-state index contributed by atoms with van der Waals surface area (Å²) in [6.45, 7) is 2.21. The Morgan fingerprint density at radius 1 is 1.19 bits per heavy atom. The number of benzene rings is 1. The summed E-state index contributed by atoms with van der Waals surface area (Å²) < 4.78 is 0. The first-order chi connectivity index (χ1) is 12.2.